The fraction of sp³-hybridized carbons (Fsp3) is 0.950. The molecule has 1 unspecified atom stereocenters. The number of aliphatic imine (C=N–C) groups is 1. The minimum atomic E-state index is 0. The maximum atomic E-state index is 5.51. The summed E-state index contributed by atoms with van der Waals surface area (Å²) < 4.78 is 10.9. The molecule has 2 aliphatic rings. The second-order valence-corrected chi connectivity index (χ2v) is 8.22. The number of halogens is 1. The van der Waals surface area contributed by atoms with Crippen molar-refractivity contribution in [3.8, 4) is 0 Å². The van der Waals surface area contributed by atoms with E-state index in [-0.39, 0.29) is 24.0 Å². The highest BCUT2D eigenvalue weighted by atomic mass is 127. The van der Waals surface area contributed by atoms with Gasteiger partial charge in [0.25, 0.3) is 0 Å². The van der Waals surface area contributed by atoms with Crippen molar-refractivity contribution >= 4 is 29.9 Å². The van der Waals surface area contributed by atoms with Crippen molar-refractivity contribution in [2.45, 2.75) is 52.0 Å². The predicted octanol–water partition coefficient (Wildman–Crippen LogP) is 2.72. The van der Waals surface area contributed by atoms with Crippen molar-refractivity contribution in [3.05, 3.63) is 0 Å². The highest BCUT2D eigenvalue weighted by Gasteiger charge is 2.33. The zero-order valence-corrected chi connectivity index (χ0v) is 20.1. The Morgan fingerprint density at radius 2 is 1.85 bits per heavy atom. The Balaban J connectivity index is 0.00000364. The van der Waals surface area contributed by atoms with Crippen LogP contribution >= 0.6 is 24.0 Å². The van der Waals surface area contributed by atoms with Gasteiger partial charge in [-0.05, 0) is 30.6 Å². The third-order valence-corrected chi connectivity index (χ3v) is 6.12. The molecule has 27 heavy (non-hydrogen) atoms. The van der Waals surface area contributed by atoms with E-state index in [4.69, 9.17) is 9.47 Å². The third kappa shape index (κ3) is 8.03. The summed E-state index contributed by atoms with van der Waals surface area (Å²) in [6.45, 7) is 11.1. The molecule has 0 aromatic carbocycles. The predicted molar refractivity (Wildman–Crippen MR) is 123 cm³/mol. The molecule has 2 N–H and O–H groups in total. The first-order valence-corrected chi connectivity index (χ1v) is 10.4. The second kappa shape index (κ2) is 13.2. The van der Waals surface area contributed by atoms with Gasteiger partial charge in [0.1, 0.15) is 0 Å². The average molecular weight is 496 g/mol. The van der Waals surface area contributed by atoms with Crippen LogP contribution in [0.2, 0.25) is 0 Å². The lowest BCUT2D eigenvalue weighted by atomic mass is 9.83. The van der Waals surface area contributed by atoms with Gasteiger partial charge in [-0.15, -0.1) is 24.0 Å². The van der Waals surface area contributed by atoms with Crippen LogP contribution in [0.5, 0.6) is 0 Å². The Bertz CT molecular complexity index is 422. The van der Waals surface area contributed by atoms with Crippen molar-refractivity contribution in [1.82, 2.24) is 15.5 Å². The van der Waals surface area contributed by atoms with E-state index >= 15 is 0 Å². The molecule has 6 nitrogen and oxygen atoms in total. The summed E-state index contributed by atoms with van der Waals surface area (Å²) in [5, 5.41) is 7.17. The van der Waals surface area contributed by atoms with E-state index in [1.165, 1.54) is 25.7 Å². The lowest BCUT2D eigenvalue weighted by molar-refractivity contribution is 0.00751. The molecule has 1 saturated carbocycles. The van der Waals surface area contributed by atoms with Gasteiger partial charge in [0.15, 0.2) is 5.96 Å². The molecule has 1 aliphatic carbocycles. The molecule has 1 heterocycles. The summed E-state index contributed by atoms with van der Waals surface area (Å²) >= 11 is 0. The van der Waals surface area contributed by atoms with Crippen LogP contribution in [-0.2, 0) is 9.47 Å². The molecular weight excluding hydrogens is 455 g/mol. The summed E-state index contributed by atoms with van der Waals surface area (Å²) in [4.78, 5) is 7.00. The van der Waals surface area contributed by atoms with Crippen LogP contribution in [0.25, 0.3) is 0 Å². The molecule has 7 heteroatoms. The van der Waals surface area contributed by atoms with Crippen LogP contribution in [0.3, 0.4) is 0 Å². The van der Waals surface area contributed by atoms with Crippen molar-refractivity contribution in [2.75, 3.05) is 60.2 Å². The van der Waals surface area contributed by atoms with Crippen molar-refractivity contribution in [2.24, 2.45) is 16.3 Å². The van der Waals surface area contributed by atoms with Gasteiger partial charge in [0.2, 0.25) is 0 Å². The molecule has 1 atom stereocenters. The van der Waals surface area contributed by atoms with E-state index in [0.29, 0.717) is 17.4 Å². The molecule has 0 spiro atoms. The highest BCUT2D eigenvalue weighted by Crippen LogP contribution is 2.40. The molecule has 1 aliphatic heterocycles. The van der Waals surface area contributed by atoms with E-state index < -0.39 is 0 Å². The normalized spacial score (nSPS) is 21.7. The zero-order valence-electron chi connectivity index (χ0n) is 17.8. The molecule has 0 bridgehead atoms. The molecule has 0 amide bonds. The van der Waals surface area contributed by atoms with Gasteiger partial charge in [-0.1, -0.05) is 26.7 Å². The monoisotopic (exact) mass is 496 g/mol. The Morgan fingerprint density at radius 3 is 2.41 bits per heavy atom. The first-order chi connectivity index (χ1) is 12.6. The van der Waals surface area contributed by atoms with Crippen LogP contribution in [0.15, 0.2) is 4.99 Å². The molecule has 160 valence electrons. The van der Waals surface area contributed by atoms with Crippen molar-refractivity contribution < 1.29 is 9.47 Å². The van der Waals surface area contributed by atoms with Crippen LogP contribution in [0.1, 0.15) is 46.0 Å². The largest absolute Gasteiger partial charge is 0.385 e. The summed E-state index contributed by atoms with van der Waals surface area (Å²) in [6.07, 6.45) is 6.40. The number of nitrogens with one attached hydrogen (secondary N) is 2. The van der Waals surface area contributed by atoms with Crippen LogP contribution in [-0.4, -0.2) is 77.1 Å². The molecular formula is C20H41IN4O2. The van der Waals surface area contributed by atoms with Crippen LogP contribution in [0, 0.1) is 11.3 Å². The van der Waals surface area contributed by atoms with Gasteiger partial charge < -0.3 is 20.1 Å². The average Bonchev–Trinajstić information content (AvgIpc) is 3.12. The maximum Gasteiger partial charge on any atom is 0.191 e. The van der Waals surface area contributed by atoms with Gasteiger partial charge in [-0.3, -0.25) is 9.89 Å². The SMILES string of the molecule is CN=C(NCC(C(C)C)N1CCOCC1)NCC1(CCOC)CCCC1.I. The van der Waals surface area contributed by atoms with E-state index in [1.807, 2.05) is 7.05 Å². The Labute approximate surface area is 183 Å². The minimum Gasteiger partial charge on any atom is -0.385 e. The van der Waals surface area contributed by atoms with E-state index in [1.54, 1.807) is 7.11 Å². The fourth-order valence-electron chi connectivity index (χ4n) is 4.35. The number of hydrogen-bond acceptors (Lipinski definition) is 4. The van der Waals surface area contributed by atoms with Gasteiger partial charge >= 0.3 is 0 Å². The first kappa shape index (κ1) is 24.9. The highest BCUT2D eigenvalue weighted by molar-refractivity contribution is 14.0. The Morgan fingerprint density at radius 1 is 1.19 bits per heavy atom. The molecule has 0 radical (unpaired) electrons. The lowest BCUT2D eigenvalue weighted by Gasteiger charge is -2.37. The molecule has 0 aromatic heterocycles. The summed E-state index contributed by atoms with van der Waals surface area (Å²) in [5.74, 6) is 1.52. The molecule has 2 rings (SSSR count). The van der Waals surface area contributed by atoms with Gasteiger partial charge in [0, 0.05) is 53.0 Å². The lowest BCUT2D eigenvalue weighted by Crippen LogP contribution is -2.53. The van der Waals surface area contributed by atoms with Crippen LogP contribution in [0.4, 0.5) is 0 Å². The molecule has 0 aromatic rings. The number of morpholine rings is 1. The third-order valence-electron chi connectivity index (χ3n) is 6.12. The standard InChI is InChI=1S/C20H40N4O2.HI/c1-17(2)18(24-10-13-26-14-11-24)15-22-19(21-3)23-16-20(9-12-25-4)7-5-6-8-20;/h17-18H,5-16H2,1-4H3,(H2,21,22,23);1H. The maximum absolute atomic E-state index is 5.51. The molecule has 1 saturated heterocycles. The van der Waals surface area contributed by atoms with E-state index in [2.05, 4.69) is 34.4 Å². The first-order valence-electron chi connectivity index (χ1n) is 10.4. The number of methoxy groups -OCH3 is 1. The number of hydrogen-bond donors (Lipinski definition) is 2. The van der Waals surface area contributed by atoms with Crippen molar-refractivity contribution in [1.29, 1.82) is 0 Å². The van der Waals surface area contributed by atoms with Crippen LogP contribution < -0.4 is 10.6 Å². The number of nitrogens with zero attached hydrogens (tertiary/aromatic N) is 2. The zero-order chi connectivity index (χ0) is 18.8. The summed E-state index contributed by atoms with van der Waals surface area (Å²) in [7, 11) is 3.67. The fourth-order valence-corrected chi connectivity index (χ4v) is 4.35. The van der Waals surface area contributed by atoms with Gasteiger partial charge in [-0.2, -0.15) is 0 Å². The number of guanidine groups is 1. The summed E-state index contributed by atoms with van der Waals surface area (Å²) in [6, 6.07) is 0.506. The number of ether oxygens (including phenoxy) is 2. The van der Waals surface area contributed by atoms with Gasteiger partial charge in [0.05, 0.1) is 13.2 Å². The summed E-state index contributed by atoms with van der Waals surface area (Å²) in [5.41, 5.74) is 0.370. The topological polar surface area (TPSA) is 58.1 Å². The Kier molecular flexibility index (Phi) is 12.2. The second-order valence-electron chi connectivity index (χ2n) is 8.22. The Hall–Kier alpha value is -0.120. The number of rotatable bonds is 9. The van der Waals surface area contributed by atoms with E-state index in [9.17, 15) is 0 Å². The van der Waals surface area contributed by atoms with Crippen molar-refractivity contribution in [3.63, 3.8) is 0 Å². The smallest absolute Gasteiger partial charge is 0.191 e. The minimum absolute atomic E-state index is 0. The van der Waals surface area contributed by atoms with E-state index in [0.717, 1.165) is 58.4 Å². The quantitative estimate of drug-likeness (QED) is 0.292. The van der Waals surface area contributed by atoms with Gasteiger partial charge in [-0.25, -0.2) is 0 Å². The molecule has 2 fully saturated rings.